The van der Waals surface area contributed by atoms with Crippen molar-refractivity contribution in [1.29, 1.82) is 0 Å². The van der Waals surface area contributed by atoms with Crippen molar-refractivity contribution in [3.63, 3.8) is 0 Å². The molecule has 5 nitrogen and oxygen atoms in total. The van der Waals surface area contributed by atoms with Gasteiger partial charge < -0.3 is 15.4 Å². The van der Waals surface area contributed by atoms with Crippen molar-refractivity contribution < 1.29 is 9.53 Å². The lowest BCUT2D eigenvalue weighted by Crippen LogP contribution is -2.28. The number of aromatic nitrogens is 1. The topological polar surface area (TPSA) is 63.2 Å². The molecule has 0 bridgehead atoms. The van der Waals surface area contributed by atoms with Gasteiger partial charge in [0.25, 0.3) is 0 Å². The van der Waals surface area contributed by atoms with E-state index in [0.29, 0.717) is 23.8 Å². The summed E-state index contributed by atoms with van der Waals surface area (Å²) >= 11 is 5.24. The predicted molar refractivity (Wildman–Crippen MR) is 89.7 cm³/mol. The molecule has 0 aliphatic carbocycles. The van der Waals surface area contributed by atoms with E-state index in [1.807, 2.05) is 18.2 Å². The lowest BCUT2D eigenvalue weighted by atomic mass is 10.2. The van der Waals surface area contributed by atoms with Crippen molar-refractivity contribution in [3.8, 4) is 0 Å². The first kappa shape index (κ1) is 15.9. The van der Waals surface area contributed by atoms with Crippen LogP contribution in [0.4, 0.5) is 5.69 Å². The Morgan fingerprint density at radius 1 is 1.32 bits per heavy atom. The monoisotopic (exact) mass is 315 g/mol. The van der Waals surface area contributed by atoms with Crippen LogP contribution in [0.1, 0.15) is 22.8 Å². The zero-order valence-electron chi connectivity index (χ0n) is 12.2. The average molecular weight is 315 g/mol. The number of ether oxygens (including phenoxy) is 1. The van der Waals surface area contributed by atoms with Gasteiger partial charge in [-0.1, -0.05) is 12.1 Å². The summed E-state index contributed by atoms with van der Waals surface area (Å²) in [7, 11) is 0. The van der Waals surface area contributed by atoms with Crippen LogP contribution in [0.15, 0.2) is 48.8 Å². The second-order valence-corrected chi connectivity index (χ2v) is 4.88. The minimum atomic E-state index is -0.347. The summed E-state index contributed by atoms with van der Waals surface area (Å²) in [5.74, 6) is -0.347. The van der Waals surface area contributed by atoms with Gasteiger partial charge in [0.1, 0.15) is 0 Å². The molecule has 0 radical (unpaired) electrons. The molecule has 2 aromatic rings. The third kappa shape index (κ3) is 4.82. The Kier molecular flexibility index (Phi) is 5.85. The lowest BCUT2D eigenvalue weighted by Gasteiger charge is -2.11. The van der Waals surface area contributed by atoms with E-state index >= 15 is 0 Å². The molecule has 0 spiro atoms. The number of benzene rings is 1. The number of carbonyl (C=O) groups is 1. The Morgan fingerprint density at radius 2 is 2.18 bits per heavy atom. The van der Waals surface area contributed by atoms with Gasteiger partial charge in [0.15, 0.2) is 5.11 Å². The van der Waals surface area contributed by atoms with Crippen LogP contribution in [-0.4, -0.2) is 22.7 Å². The minimum Gasteiger partial charge on any atom is -0.462 e. The van der Waals surface area contributed by atoms with Crippen molar-refractivity contribution >= 4 is 29.0 Å². The standard InChI is InChI=1S/C16H17N3O2S/c1-2-21-15(20)13-6-3-7-14(9-13)19-16(22)18-11-12-5-4-8-17-10-12/h3-10H,2,11H2,1H3,(H2,18,19,22). The molecular weight excluding hydrogens is 298 g/mol. The van der Waals surface area contributed by atoms with Gasteiger partial charge in [-0.25, -0.2) is 4.79 Å². The Morgan fingerprint density at radius 3 is 2.91 bits per heavy atom. The zero-order valence-corrected chi connectivity index (χ0v) is 13.0. The Balaban J connectivity index is 1.91. The maximum absolute atomic E-state index is 11.7. The van der Waals surface area contributed by atoms with E-state index in [0.717, 1.165) is 11.3 Å². The number of thiocarbonyl (C=S) groups is 1. The SMILES string of the molecule is CCOC(=O)c1cccc(NC(=S)NCc2cccnc2)c1. The third-order valence-corrected chi connectivity index (χ3v) is 3.05. The lowest BCUT2D eigenvalue weighted by molar-refractivity contribution is 0.0526. The first-order chi connectivity index (χ1) is 10.7. The highest BCUT2D eigenvalue weighted by atomic mass is 32.1. The number of rotatable bonds is 5. The summed E-state index contributed by atoms with van der Waals surface area (Å²) in [6.07, 6.45) is 3.50. The molecule has 0 saturated carbocycles. The summed E-state index contributed by atoms with van der Waals surface area (Å²) in [5.41, 5.74) is 2.25. The smallest absolute Gasteiger partial charge is 0.338 e. The van der Waals surface area contributed by atoms with E-state index in [4.69, 9.17) is 17.0 Å². The fraction of sp³-hybridized carbons (Fsp3) is 0.188. The van der Waals surface area contributed by atoms with Gasteiger partial charge in [-0.2, -0.15) is 0 Å². The summed E-state index contributed by atoms with van der Waals surface area (Å²) < 4.78 is 4.97. The predicted octanol–water partition coefficient (Wildman–Crippen LogP) is 2.74. The molecule has 1 aromatic carbocycles. The largest absolute Gasteiger partial charge is 0.462 e. The molecule has 0 atom stereocenters. The Hall–Kier alpha value is -2.47. The number of hydrogen-bond acceptors (Lipinski definition) is 4. The van der Waals surface area contributed by atoms with Gasteiger partial charge in [0.05, 0.1) is 12.2 Å². The van der Waals surface area contributed by atoms with E-state index < -0.39 is 0 Å². The second-order valence-electron chi connectivity index (χ2n) is 4.47. The van der Waals surface area contributed by atoms with Gasteiger partial charge in [-0.3, -0.25) is 4.98 Å². The van der Waals surface area contributed by atoms with Crippen LogP contribution >= 0.6 is 12.2 Å². The zero-order chi connectivity index (χ0) is 15.8. The van der Waals surface area contributed by atoms with Crippen LogP contribution < -0.4 is 10.6 Å². The molecule has 0 saturated heterocycles. The number of nitrogens with zero attached hydrogens (tertiary/aromatic N) is 1. The fourth-order valence-corrected chi connectivity index (χ4v) is 1.99. The van der Waals surface area contributed by atoms with Crippen LogP contribution in [0, 0.1) is 0 Å². The summed E-state index contributed by atoms with van der Waals surface area (Å²) in [6.45, 7) is 2.70. The first-order valence-electron chi connectivity index (χ1n) is 6.90. The highest BCUT2D eigenvalue weighted by Gasteiger charge is 2.07. The first-order valence-corrected chi connectivity index (χ1v) is 7.31. The molecule has 114 valence electrons. The fourth-order valence-electron chi connectivity index (χ4n) is 1.80. The molecular formula is C16H17N3O2S. The van der Waals surface area contributed by atoms with Gasteiger partial charge in [-0.05, 0) is 49.0 Å². The van der Waals surface area contributed by atoms with Crippen molar-refractivity contribution in [2.45, 2.75) is 13.5 Å². The Labute approximate surface area is 134 Å². The second kappa shape index (κ2) is 8.09. The highest BCUT2D eigenvalue weighted by Crippen LogP contribution is 2.11. The number of hydrogen-bond donors (Lipinski definition) is 2. The molecule has 2 rings (SSSR count). The van der Waals surface area contributed by atoms with Crippen molar-refractivity contribution in [2.75, 3.05) is 11.9 Å². The van der Waals surface area contributed by atoms with Crippen LogP contribution in [0.3, 0.4) is 0 Å². The van der Waals surface area contributed by atoms with E-state index in [9.17, 15) is 4.79 Å². The number of anilines is 1. The van der Waals surface area contributed by atoms with Crippen molar-refractivity contribution in [2.24, 2.45) is 0 Å². The van der Waals surface area contributed by atoms with Crippen LogP contribution in [0.25, 0.3) is 0 Å². The summed E-state index contributed by atoms with van der Waals surface area (Å²) in [6, 6.07) is 10.9. The maximum atomic E-state index is 11.7. The van der Waals surface area contributed by atoms with Crippen LogP contribution in [0.2, 0.25) is 0 Å². The molecule has 1 heterocycles. The molecule has 0 amide bonds. The van der Waals surface area contributed by atoms with E-state index in [1.165, 1.54) is 0 Å². The highest BCUT2D eigenvalue weighted by molar-refractivity contribution is 7.80. The number of pyridine rings is 1. The van der Waals surface area contributed by atoms with Gasteiger partial charge in [0, 0.05) is 24.6 Å². The van der Waals surface area contributed by atoms with Crippen molar-refractivity contribution in [1.82, 2.24) is 10.3 Å². The normalized spacial score (nSPS) is 9.86. The molecule has 0 aliphatic rings. The summed E-state index contributed by atoms with van der Waals surface area (Å²) in [5, 5.41) is 6.60. The van der Waals surface area contributed by atoms with E-state index in [2.05, 4.69) is 15.6 Å². The van der Waals surface area contributed by atoms with Gasteiger partial charge >= 0.3 is 5.97 Å². The van der Waals surface area contributed by atoms with E-state index in [-0.39, 0.29) is 5.97 Å². The molecule has 6 heteroatoms. The van der Waals surface area contributed by atoms with Gasteiger partial charge in [0.2, 0.25) is 0 Å². The number of esters is 1. The molecule has 1 aromatic heterocycles. The summed E-state index contributed by atoms with van der Waals surface area (Å²) in [4.78, 5) is 15.7. The molecule has 2 N–H and O–H groups in total. The number of carbonyl (C=O) groups excluding carboxylic acids is 1. The molecule has 0 unspecified atom stereocenters. The van der Waals surface area contributed by atoms with Crippen LogP contribution in [0.5, 0.6) is 0 Å². The average Bonchev–Trinajstić information content (AvgIpc) is 2.54. The van der Waals surface area contributed by atoms with E-state index in [1.54, 1.807) is 37.5 Å². The van der Waals surface area contributed by atoms with Gasteiger partial charge in [-0.15, -0.1) is 0 Å². The molecule has 0 aliphatic heterocycles. The quantitative estimate of drug-likeness (QED) is 0.653. The maximum Gasteiger partial charge on any atom is 0.338 e. The van der Waals surface area contributed by atoms with Crippen LogP contribution in [-0.2, 0) is 11.3 Å². The minimum absolute atomic E-state index is 0.347. The van der Waals surface area contributed by atoms with Crippen molar-refractivity contribution in [3.05, 3.63) is 59.9 Å². The molecule has 22 heavy (non-hydrogen) atoms. The number of nitrogens with one attached hydrogen (secondary N) is 2. The molecule has 0 fully saturated rings. The Bertz CT molecular complexity index is 647. The third-order valence-electron chi connectivity index (χ3n) is 2.81.